The highest BCUT2D eigenvalue weighted by Gasteiger charge is 2.12. The van der Waals surface area contributed by atoms with Gasteiger partial charge in [0.15, 0.2) is 0 Å². The van der Waals surface area contributed by atoms with Crippen molar-refractivity contribution in [1.82, 2.24) is 0 Å². The van der Waals surface area contributed by atoms with Gasteiger partial charge in [-0.25, -0.2) is 0 Å². The van der Waals surface area contributed by atoms with Gasteiger partial charge >= 0.3 is 0 Å². The van der Waals surface area contributed by atoms with Gasteiger partial charge in [-0.3, -0.25) is 0 Å². The topological polar surface area (TPSA) is 64.2 Å². The second-order valence-corrected chi connectivity index (χ2v) is 1.75. The molecule has 8 heavy (non-hydrogen) atoms. The van der Waals surface area contributed by atoms with Crippen LogP contribution in [0.2, 0.25) is 0 Å². The molecule has 0 saturated carbocycles. The second kappa shape index (κ2) is 3.67. The normalized spacial score (nSPS) is 16.8. The fourth-order valence-corrected chi connectivity index (χ4v) is 0.258. The molecular formula is C4H6ClNO2. The Kier molecular flexibility index (Phi) is 3.53. The van der Waals surface area contributed by atoms with Crippen LogP contribution in [0.25, 0.3) is 0 Å². The van der Waals surface area contributed by atoms with Crippen molar-refractivity contribution in [2.45, 2.75) is 11.5 Å². The van der Waals surface area contributed by atoms with E-state index in [0.29, 0.717) is 0 Å². The lowest BCUT2D eigenvalue weighted by atomic mass is 10.3. The van der Waals surface area contributed by atoms with Gasteiger partial charge in [0.05, 0.1) is 12.7 Å². The van der Waals surface area contributed by atoms with Crippen molar-refractivity contribution in [3.8, 4) is 6.07 Å². The minimum atomic E-state index is -1.12. The number of nitrogens with zero attached hydrogens (tertiary/aromatic N) is 1. The van der Waals surface area contributed by atoms with Crippen LogP contribution in [-0.4, -0.2) is 28.3 Å². The number of hydrogen-bond donors (Lipinski definition) is 2. The molecule has 3 nitrogen and oxygen atoms in total. The highest BCUT2D eigenvalue weighted by molar-refractivity contribution is 6.22. The minimum Gasteiger partial charge on any atom is -0.394 e. The molecule has 0 saturated heterocycles. The highest BCUT2D eigenvalue weighted by Crippen LogP contribution is 1.98. The van der Waals surface area contributed by atoms with Crippen LogP contribution in [0.15, 0.2) is 0 Å². The fourth-order valence-electron chi connectivity index (χ4n) is 0.179. The van der Waals surface area contributed by atoms with Crippen LogP contribution in [0.4, 0.5) is 0 Å². The van der Waals surface area contributed by atoms with E-state index in [1.165, 1.54) is 0 Å². The molecule has 0 spiro atoms. The zero-order valence-electron chi connectivity index (χ0n) is 4.08. The molecule has 0 aliphatic carbocycles. The summed E-state index contributed by atoms with van der Waals surface area (Å²) in [5.74, 6) is 0. The van der Waals surface area contributed by atoms with Crippen molar-refractivity contribution in [2.75, 3.05) is 6.61 Å². The van der Waals surface area contributed by atoms with E-state index in [9.17, 15) is 0 Å². The summed E-state index contributed by atoms with van der Waals surface area (Å²) in [5.41, 5.74) is 0. The lowest BCUT2D eigenvalue weighted by molar-refractivity contribution is 0.101. The molecule has 0 bridgehead atoms. The monoisotopic (exact) mass is 135 g/mol. The largest absolute Gasteiger partial charge is 0.394 e. The molecule has 0 heterocycles. The first-order valence-corrected chi connectivity index (χ1v) is 2.48. The lowest BCUT2D eigenvalue weighted by Gasteiger charge is -2.04. The van der Waals surface area contributed by atoms with E-state index in [-0.39, 0.29) is 0 Å². The number of alkyl halides is 1. The molecule has 2 atom stereocenters. The molecule has 0 aromatic carbocycles. The average Bonchev–Trinajstić information content (AvgIpc) is 1.84. The average molecular weight is 136 g/mol. The maximum atomic E-state index is 8.52. The van der Waals surface area contributed by atoms with Gasteiger partial charge in [-0.15, -0.1) is 11.6 Å². The molecule has 0 rings (SSSR count). The number of hydrogen-bond acceptors (Lipinski definition) is 3. The Morgan fingerprint density at radius 3 is 2.38 bits per heavy atom. The van der Waals surface area contributed by atoms with E-state index in [1.807, 2.05) is 0 Å². The Balaban J connectivity index is 3.49. The van der Waals surface area contributed by atoms with Crippen LogP contribution in [0.5, 0.6) is 0 Å². The third-order valence-corrected chi connectivity index (χ3v) is 1.04. The molecule has 46 valence electrons. The molecule has 0 aromatic heterocycles. The number of aliphatic hydroxyl groups is 2. The third kappa shape index (κ3) is 2.12. The first-order chi connectivity index (χ1) is 3.72. The summed E-state index contributed by atoms with van der Waals surface area (Å²) in [6, 6.07) is 1.57. The Morgan fingerprint density at radius 1 is 1.75 bits per heavy atom. The van der Waals surface area contributed by atoms with Crippen molar-refractivity contribution in [3.63, 3.8) is 0 Å². The standard InChI is InChI=1S/C4H6ClNO2/c5-3(1-6)4(8)2-7/h3-4,7-8H,2H2/t3-,4-/m1/s1. The molecule has 0 radical (unpaired) electrons. The Hall–Kier alpha value is -0.300. The highest BCUT2D eigenvalue weighted by atomic mass is 35.5. The van der Waals surface area contributed by atoms with Crippen molar-refractivity contribution in [1.29, 1.82) is 5.26 Å². The minimum absolute atomic E-state index is 0.471. The molecule has 0 aliphatic heterocycles. The fraction of sp³-hybridized carbons (Fsp3) is 0.750. The van der Waals surface area contributed by atoms with Crippen LogP contribution >= 0.6 is 11.6 Å². The summed E-state index contributed by atoms with van der Waals surface area (Å²) >= 11 is 5.14. The Morgan fingerprint density at radius 2 is 2.25 bits per heavy atom. The molecule has 0 amide bonds. The number of rotatable bonds is 2. The zero-order valence-corrected chi connectivity index (χ0v) is 4.84. The summed E-state index contributed by atoms with van der Waals surface area (Å²) in [5, 5.41) is 23.7. The number of halogens is 1. The molecule has 0 aromatic rings. The van der Waals surface area contributed by atoms with E-state index in [2.05, 4.69) is 0 Å². The SMILES string of the molecule is N#C[C@@H](Cl)[C@H](O)CO. The summed E-state index contributed by atoms with van der Waals surface area (Å²) in [4.78, 5) is 0. The quantitative estimate of drug-likeness (QED) is 0.501. The molecule has 0 fully saturated rings. The molecule has 0 unspecified atom stereocenters. The Labute approximate surface area is 52.1 Å². The first-order valence-electron chi connectivity index (χ1n) is 2.05. The van der Waals surface area contributed by atoms with Gasteiger partial charge in [0.25, 0.3) is 0 Å². The van der Waals surface area contributed by atoms with E-state index < -0.39 is 18.1 Å². The van der Waals surface area contributed by atoms with Gasteiger partial charge in [0, 0.05) is 0 Å². The van der Waals surface area contributed by atoms with Gasteiger partial charge in [-0.2, -0.15) is 5.26 Å². The number of nitriles is 1. The second-order valence-electron chi connectivity index (χ2n) is 1.28. The van der Waals surface area contributed by atoms with Gasteiger partial charge in [-0.1, -0.05) is 0 Å². The van der Waals surface area contributed by atoms with Gasteiger partial charge in [0.1, 0.15) is 11.5 Å². The van der Waals surface area contributed by atoms with Crippen LogP contribution in [0.1, 0.15) is 0 Å². The van der Waals surface area contributed by atoms with Gasteiger partial charge in [-0.05, 0) is 0 Å². The Bertz CT molecular complexity index is 101. The maximum Gasteiger partial charge on any atom is 0.148 e. The summed E-state index contributed by atoms with van der Waals surface area (Å²) in [6.07, 6.45) is -1.12. The summed E-state index contributed by atoms with van der Waals surface area (Å²) < 4.78 is 0. The van der Waals surface area contributed by atoms with Crippen LogP contribution in [-0.2, 0) is 0 Å². The molecule has 0 aliphatic rings. The zero-order chi connectivity index (χ0) is 6.57. The molecular weight excluding hydrogens is 130 g/mol. The third-order valence-electron chi connectivity index (χ3n) is 0.648. The van der Waals surface area contributed by atoms with Gasteiger partial charge < -0.3 is 10.2 Å². The smallest absolute Gasteiger partial charge is 0.148 e. The predicted molar refractivity (Wildman–Crippen MR) is 28.3 cm³/mol. The molecule has 2 N–H and O–H groups in total. The molecule has 4 heteroatoms. The predicted octanol–water partition coefficient (Wildman–Crippen LogP) is -0.529. The van der Waals surface area contributed by atoms with Crippen LogP contribution in [0, 0.1) is 11.3 Å². The number of aliphatic hydroxyl groups excluding tert-OH is 2. The summed E-state index contributed by atoms with van der Waals surface area (Å²) in [7, 11) is 0. The van der Waals surface area contributed by atoms with Gasteiger partial charge in [0.2, 0.25) is 0 Å². The summed E-state index contributed by atoms with van der Waals surface area (Å²) in [6.45, 7) is -0.471. The van der Waals surface area contributed by atoms with E-state index in [4.69, 9.17) is 27.1 Å². The van der Waals surface area contributed by atoms with E-state index in [1.54, 1.807) is 6.07 Å². The van der Waals surface area contributed by atoms with Crippen molar-refractivity contribution in [3.05, 3.63) is 0 Å². The van der Waals surface area contributed by atoms with Crippen molar-refractivity contribution >= 4 is 11.6 Å². The lowest BCUT2D eigenvalue weighted by Crippen LogP contribution is -2.22. The van der Waals surface area contributed by atoms with Crippen molar-refractivity contribution < 1.29 is 10.2 Å². The van der Waals surface area contributed by atoms with Crippen LogP contribution in [0.3, 0.4) is 0 Å². The first kappa shape index (κ1) is 7.70. The maximum absolute atomic E-state index is 8.52. The van der Waals surface area contributed by atoms with Crippen molar-refractivity contribution in [2.24, 2.45) is 0 Å². The van der Waals surface area contributed by atoms with E-state index >= 15 is 0 Å². The van der Waals surface area contributed by atoms with E-state index in [0.717, 1.165) is 0 Å². The van der Waals surface area contributed by atoms with Crippen LogP contribution < -0.4 is 0 Å².